The summed E-state index contributed by atoms with van der Waals surface area (Å²) in [6.07, 6.45) is 0.952. The number of hydrogen-bond donors (Lipinski definition) is 1. The second kappa shape index (κ2) is 7.15. The molecule has 0 spiro atoms. The molecule has 112 valence electrons. The van der Waals surface area contributed by atoms with Crippen molar-refractivity contribution in [3.05, 3.63) is 64.2 Å². The Bertz CT molecular complexity index is 597. The van der Waals surface area contributed by atoms with Crippen LogP contribution in [0.1, 0.15) is 34.7 Å². The minimum Gasteiger partial charge on any atom is -0.328 e. The summed E-state index contributed by atoms with van der Waals surface area (Å²) in [7, 11) is 0. The molecule has 2 rings (SSSR count). The first-order valence-electron chi connectivity index (χ1n) is 7.49. The summed E-state index contributed by atoms with van der Waals surface area (Å²) in [4.78, 5) is 1.33. The number of rotatable bonds is 5. The van der Waals surface area contributed by atoms with Crippen LogP contribution in [0.4, 0.5) is 0 Å². The van der Waals surface area contributed by atoms with E-state index in [1.807, 2.05) is 11.8 Å². The largest absolute Gasteiger partial charge is 0.328 e. The Kier molecular flexibility index (Phi) is 5.49. The van der Waals surface area contributed by atoms with E-state index in [-0.39, 0.29) is 6.04 Å². The van der Waals surface area contributed by atoms with Gasteiger partial charge in [-0.05, 0) is 62.9 Å². The third kappa shape index (κ3) is 4.90. The maximum atomic E-state index is 5.89. The first-order chi connectivity index (χ1) is 9.94. The molecule has 2 N–H and O–H groups in total. The molecule has 1 nitrogen and oxygen atoms in total. The minimum absolute atomic E-state index is 0.220. The second-order valence-corrected chi connectivity index (χ2v) is 7.10. The summed E-state index contributed by atoms with van der Waals surface area (Å²) < 4.78 is 0. The van der Waals surface area contributed by atoms with E-state index in [0.717, 1.165) is 12.2 Å². The molecule has 1 unspecified atom stereocenters. The Morgan fingerprint density at radius 2 is 1.67 bits per heavy atom. The molecule has 2 aromatic rings. The number of nitrogens with two attached hydrogens (primary N) is 1. The molecular formula is C19H25NS. The van der Waals surface area contributed by atoms with Crippen molar-refractivity contribution in [2.24, 2.45) is 5.73 Å². The zero-order valence-corrected chi connectivity index (χ0v) is 14.3. The normalized spacial score (nSPS) is 12.4. The van der Waals surface area contributed by atoms with Crippen molar-refractivity contribution >= 4 is 11.8 Å². The van der Waals surface area contributed by atoms with Crippen LogP contribution < -0.4 is 5.73 Å². The summed E-state index contributed by atoms with van der Waals surface area (Å²) in [6.45, 7) is 8.56. The van der Waals surface area contributed by atoms with Gasteiger partial charge in [-0.3, -0.25) is 0 Å². The van der Waals surface area contributed by atoms with Gasteiger partial charge in [0.2, 0.25) is 0 Å². The lowest BCUT2D eigenvalue weighted by molar-refractivity contribution is 0.734. The van der Waals surface area contributed by atoms with E-state index in [1.165, 1.54) is 32.7 Å². The van der Waals surface area contributed by atoms with E-state index in [0.29, 0.717) is 0 Å². The molecule has 0 fully saturated rings. The fraction of sp³-hybridized carbons (Fsp3) is 0.368. The lowest BCUT2D eigenvalue weighted by atomic mass is 10.0. The average Bonchev–Trinajstić information content (AvgIpc) is 2.38. The van der Waals surface area contributed by atoms with Crippen LogP contribution in [-0.2, 0) is 12.2 Å². The Morgan fingerprint density at radius 1 is 1.00 bits per heavy atom. The van der Waals surface area contributed by atoms with Crippen LogP contribution in [0.5, 0.6) is 0 Å². The van der Waals surface area contributed by atoms with E-state index in [1.54, 1.807) is 0 Å². The van der Waals surface area contributed by atoms with Crippen LogP contribution in [0.3, 0.4) is 0 Å². The fourth-order valence-electron chi connectivity index (χ4n) is 2.65. The minimum atomic E-state index is 0.220. The topological polar surface area (TPSA) is 26.0 Å². The highest BCUT2D eigenvalue weighted by atomic mass is 32.2. The first kappa shape index (κ1) is 16.1. The molecule has 0 heterocycles. The van der Waals surface area contributed by atoms with Crippen molar-refractivity contribution in [3.63, 3.8) is 0 Å². The van der Waals surface area contributed by atoms with Gasteiger partial charge >= 0.3 is 0 Å². The quantitative estimate of drug-likeness (QED) is 0.803. The summed E-state index contributed by atoms with van der Waals surface area (Å²) in [5, 5.41) is 0. The van der Waals surface area contributed by atoms with Gasteiger partial charge in [0.05, 0.1) is 0 Å². The van der Waals surface area contributed by atoms with Crippen LogP contribution in [0.15, 0.2) is 41.3 Å². The molecular weight excluding hydrogens is 274 g/mol. The van der Waals surface area contributed by atoms with E-state index in [2.05, 4.69) is 64.1 Å². The van der Waals surface area contributed by atoms with E-state index >= 15 is 0 Å². The zero-order chi connectivity index (χ0) is 15.4. The molecule has 0 aliphatic heterocycles. The molecule has 21 heavy (non-hydrogen) atoms. The van der Waals surface area contributed by atoms with Crippen LogP contribution in [0.25, 0.3) is 0 Å². The van der Waals surface area contributed by atoms with Gasteiger partial charge in [0.15, 0.2) is 0 Å². The van der Waals surface area contributed by atoms with Gasteiger partial charge < -0.3 is 5.73 Å². The van der Waals surface area contributed by atoms with Gasteiger partial charge in [-0.1, -0.05) is 35.4 Å². The van der Waals surface area contributed by atoms with Gasteiger partial charge in [-0.25, -0.2) is 0 Å². The predicted molar refractivity (Wildman–Crippen MR) is 94.0 cm³/mol. The standard InChI is InChI=1S/C19H25NS/c1-13-7-14(2)9-17(8-13)12-21-19-6-5-18(11-16(4)20)15(3)10-19/h5-10,16H,11-12,20H2,1-4H3. The molecule has 0 aromatic heterocycles. The van der Waals surface area contributed by atoms with Gasteiger partial charge in [-0.2, -0.15) is 0 Å². The van der Waals surface area contributed by atoms with Crippen LogP contribution >= 0.6 is 11.8 Å². The summed E-state index contributed by atoms with van der Waals surface area (Å²) in [5.74, 6) is 1.02. The van der Waals surface area contributed by atoms with Gasteiger partial charge in [0.1, 0.15) is 0 Å². The van der Waals surface area contributed by atoms with E-state index < -0.39 is 0 Å². The molecule has 2 heteroatoms. The van der Waals surface area contributed by atoms with Crippen LogP contribution in [0, 0.1) is 20.8 Å². The first-order valence-corrected chi connectivity index (χ1v) is 8.47. The summed E-state index contributed by atoms with van der Waals surface area (Å²) in [6, 6.07) is 13.7. The lowest BCUT2D eigenvalue weighted by Gasteiger charge is -2.11. The highest BCUT2D eigenvalue weighted by Gasteiger charge is 2.04. The average molecular weight is 299 g/mol. The third-order valence-corrected chi connectivity index (χ3v) is 4.61. The number of benzene rings is 2. The van der Waals surface area contributed by atoms with Crippen LogP contribution in [0.2, 0.25) is 0 Å². The third-order valence-electron chi connectivity index (χ3n) is 3.54. The number of thioether (sulfide) groups is 1. The van der Waals surface area contributed by atoms with Crippen molar-refractivity contribution in [1.29, 1.82) is 0 Å². The Balaban J connectivity index is 2.05. The summed E-state index contributed by atoms with van der Waals surface area (Å²) in [5.41, 5.74) is 12.7. The fourth-order valence-corrected chi connectivity index (χ4v) is 3.58. The van der Waals surface area contributed by atoms with E-state index in [4.69, 9.17) is 5.73 Å². The molecule has 0 radical (unpaired) electrons. The van der Waals surface area contributed by atoms with Crippen LogP contribution in [-0.4, -0.2) is 6.04 Å². The number of aryl methyl sites for hydroxylation is 3. The monoisotopic (exact) mass is 299 g/mol. The van der Waals surface area contributed by atoms with Gasteiger partial charge in [-0.15, -0.1) is 11.8 Å². The smallest absolute Gasteiger partial charge is 0.0232 e. The highest BCUT2D eigenvalue weighted by Crippen LogP contribution is 2.26. The Morgan fingerprint density at radius 3 is 2.24 bits per heavy atom. The maximum absolute atomic E-state index is 5.89. The van der Waals surface area contributed by atoms with Crippen molar-refractivity contribution in [1.82, 2.24) is 0 Å². The van der Waals surface area contributed by atoms with Gasteiger partial charge in [0, 0.05) is 16.7 Å². The second-order valence-electron chi connectivity index (χ2n) is 6.05. The molecule has 1 atom stereocenters. The van der Waals surface area contributed by atoms with Crippen molar-refractivity contribution < 1.29 is 0 Å². The molecule has 0 saturated heterocycles. The van der Waals surface area contributed by atoms with Crippen molar-refractivity contribution in [3.8, 4) is 0 Å². The molecule has 0 bridgehead atoms. The van der Waals surface area contributed by atoms with Gasteiger partial charge in [0.25, 0.3) is 0 Å². The molecule has 2 aromatic carbocycles. The van der Waals surface area contributed by atoms with E-state index in [9.17, 15) is 0 Å². The molecule has 0 saturated carbocycles. The van der Waals surface area contributed by atoms with Crippen molar-refractivity contribution in [2.45, 2.75) is 50.8 Å². The SMILES string of the molecule is Cc1cc(C)cc(CSc2ccc(CC(C)N)c(C)c2)c1. The maximum Gasteiger partial charge on any atom is 0.0232 e. The zero-order valence-electron chi connectivity index (χ0n) is 13.4. The predicted octanol–water partition coefficient (Wildman–Crippen LogP) is 4.79. The number of hydrogen-bond acceptors (Lipinski definition) is 2. The lowest BCUT2D eigenvalue weighted by Crippen LogP contribution is -2.18. The summed E-state index contributed by atoms with van der Waals surface area (Å²) >= 11 is 1.90. The van der Waals surface area contributed by atoms with Crippen molar-refractivity contribution in [2.75, 3.05) is 0 Å². The molecule has 0 aliphatic carbocycles. The Hall–Kier alpha value is -1.25. The highest BCUT2D eigenvalue weighted by molar-refractivity contribution is 7.98. The molecule has 0 amide bonds. The Labute approximate surface area is 133 Å². The molecule has 0 aliphatic rings.